The summed E-state index contributed by atoms with van der Waals surface area (Å²) in [6.07, 6.45) is 0. The maximum absolute atomic E-state index is 12.6. The molecular weight excluding hydrogens is 282 g/mol. The van der Waals surface area contributed by atoms with Crippen LogP contribution in [0.4, 0.5) is 0 Å². The number of thiophene rings is 1. The van der Waals surface area contributed by atoms with Crippen molar-refractivity contribution in [3.05, 3.63) is 62.5 Å². The third kappa shape index (κ3) is 2.34. The van der Waals surface area contributed by atoms with Crippen LogP contribution in [0.25, 0.3) is 10.2 Å². The molecule has 0 atom stereocenters. The molecule has 2 aromatic heterocycles. The molecule has 0 radical (unpaired) electrons. The van der Waals surface area contributed by atoms with Crippen molar-refractivity contribution in [2.24, 2.45) is 0 Å². The van der Waals surface area contributed by atoms with Crippen LogP contribution in [0.5, 0.6) is 0 Å². The first-order valence-electron chi connectivity index (χ1n) is 6.55. The zero-order valence-electron chi connectivity index (χ0n) is 11.8. The number of aromatic nitrogens is 2. The van der Waals surface area contributed by atoms with Crippen LogP contribution in [0.1, 0.15) is 21.8 Å². The molecule has 0 aliphatic heterocycles. The van der Waals surface area contributed by atoms with E-state index in [1.54, 1.807) is 10.6 Å². The molecule has 0 aliphatic carbocycles. The standard InChI is InChI=1S/C16H13N3OS/c1-10-7-14-15(21-10)16(20)19(11(2)18-14)9-13-6-4-3-5-12(13)8-17/h3-7H,9H2,1-2H3. The lowest BCUT2D eigenvalue weighted by Gasteiger charge is -2.10. The van der Waals surface area contributed by atoms with Gasteiger partial charge in [0, 0.05) is 4.88 Å². The molecule has 0 saturated heterocycles. The smallest absolute Gasteiger partial charge is 0.271 e. The number of aryl methyl sites for hydroxylation is 2. The quantitative estimate of drug-likeness (QED) is 0.730. The average molecular weight is 295 g/mol. The number of rotatable bonds is 2. The topological polar surface area (TPSA) is 58.7 Å². The summed E-state index contributed by atoms with van der Waals surface area (Å²) in [5.74, 6) is 0.665. The summed E-state index contributed by atoms with van der Waals surface area (Å²) in [6.45, 7) is 4.16. The van der Waals surface area contributed by atoms with Crippen molar-refractivity contribution in [3.63, 3.8) is 0 Å². The van der Waals surface area contributed by atoms with Crippen LogP contribution in [0.2, 0.25) is 0 Å². The molecule has 0 unspecified atom stereocenters. The Labute approximate surface area is 125 Å². The SMILES string of the molecule is Cc1cc2nc(C)n(Cc3ccccc3C#N)c(=O)c2s1. The molecule has 1 aromatic carbocycles. The van der Waals surface area contributed by atoms with Gasteiger partial charge in [0.1, 0.15) is 10.5 Å². The van der Waals surface area contributed by atoms with Gasteiger partial charge in [-0.25, -0.2) is 4.98 Å². The van der Waals surface area contributed by atoms with E-state index in [0.29, 0.717) is 22.6 Å². The van der Waals surface area contributed by atoms with Crippen LogP contribution in [0.15, 0.2) is 35.1 Å². The van der Waals surface area contributed by atoms with Crippen LogP contribution in [-0.2, 0) is 6.54 Å². The second-order valence-electron chi connectivity index (χ2n) is 4.89. The minimum atomic E-state index is -0.0386. The molecule has 0 saturated carbocycles. The van der Waals surface area contributed by atoms with Crippen molar-refractivity contribution in [3.8, 4) is 6.07 Å². The van der Waals surface area contributed by atoms with Crippen LogP contribution in [-0.4, -0.2) is 9.55 Å². The van der Waals surface area contributed by atoms with Gasteiger partial charge in [0.25, 0.3) is 5.56 Å². The number of hydrogen-bond donors (Lipinski definition) is 0. The molecular formula is C16H13N3OS. The lowest BCUT2D eigenvalue weighted by molar-refractivity contribution is 0.713. The second-order valence-corrected chi connectivity index (χ2v) is 6.15. The van der Waals surface area contributed by atoms with Gasteiger partial charge in [-0.3, -0.25) is 9.36 Å². The largest absolute Gasteiger partial charge is 0.291 e. The Morgan fingerprint density at radius 1 is 1.33 bits per heavy atom. The first-order chi connectivity index (χ1) is 10.1. The van der Waals surface area contributed by atoms with Gasteiger partial charge < -0.3 is 0 Å². The normalized spacial score (nSPS) is 10.7. The predicted octanol–water partition coefficient (Wildman–Crippen LogP) is 2.99. The van der Waals surface area contributed by atoms with Crippen molar-refractivity contribution in [1.82, 2.24) is 9.55 Å². The van der Waals surface area contributed by atoms with Crippen molar-refractivity contribution in [1.29, 1.82) is 5.26 Å². The molecule has 3 aromatic rings. The van der Waals surface area contributed by atoms with Crippen LogP contribution in [0.3, 0.4) is 0 Å². The molecule has 3 rings (SSSR count). The van der Waals surface area contributed by atoms with E-state index in [1.807, 2.05) is 38.1 Å². The van der Waals surface area contributed by atoms with E-state index in [9.17, 15) is 4.79 Å². The fourth-order valence-corrected chi connectivity index (χ4v) is 3.26. The summed E-state index contributed by atoms with van der Waals surface area (Å²) in [5, 5.41) is 9.16. The van der Waals surface area contributed by atoms with E-state index in [4.69, 9.17) is 5.26 Å². The highest BCUT2D eigenvalue weighted by Crippen LogP contribution is 2.20. The first kappa shape index (κ1) is 13.5. The number of nitrogens with zero attached hydrogens (tertiary/aromatic N) is 3. The molecule has 0 spiro atoms. The number of nitriles is 1. The summed E-state index contributed by atoms with van der Waals surface area (Å²) in [5.41, 5.74) is 2.14. The number of hydrogen-bond acceptors (Lipinski definition) is 4. The molecule has 0 fully saturated rings. The Morgan fingerprint density at radius 3 is 2.86 bits per heavy atom. The first-order valence-corrected chi connectivity index (χ1v) is 7.37. The molecule has 0 N–H and O–H groups in total. The van der Waals surface area contributed by atoms with E-state index in [2.05, 4.69) is 11.1 Å². The zero-order chi connectivity index (χ0) is 15.0. The maximum atomic E-state index is 12.6. The van der Waals surface area contributed by atoms with Gasteiger partial charge >= 0.3 is 0 Å². The summed E-state index contributed by atoms with van der Waals surface area (Å²) < 4.78 is 2.31. The van der Waals surface area contributed by atoms with E-state index in [-0.39, 0.29) is 5.56 Å². The number of benzene rings is 1. The van der Waals surface area contributed by atoms with Gasteiger partial charge in [0.05, 0.1) is 23.7 Å². The molecule has 21 heavy (non-hydrogen) atoms. The van der Waals surface area contributed by atoms with E-state index in [0.717, 1.165) is 16.0 Å². The highest BCUT2D eigenvalue weighted by Gasteiger charge is 2.12. The molecule has 2 heterocycles. The number of fused-ring (bicyclic) bond motifs is 1. The van der Waals surface area contributed by atoms with Crippen molar-refractivity contribution >= 4 is 21.6 Å². The van der Waals surface area contributed by atoms with Gasteiger partial charge in [-0.15, -0.1) is 11.3 Å². The van der Waals surface area contributed by atoms with Crippen LogP contribution < -0.4 is 5.56 Å². The third-order valence-corrected chi connectivity index (χ3v) is 4.44. The molecule has 104 valence electrons. The Morgan fingerprint density at radius 2 is 2.10 bits per heavy atom. The van der Waals surface area contributed by atoms with Gasteiger partial charge in [0.2, 0.25) is 0 Å². The molecule has 4 nitrogen and oxygen atoms in total. The monoisotopic (exact) mass is 295 g/mol. The highest BCUT2D eigenvalue weighted by atomic mass is 32.1. The zero-order valence-corrected chi connectivity index (χ0v) is 12.6. The predicted molar refractivity (Wildman–Crippen MR) is 83.6 cm³/mol. The molecule has 0 aliphatic rings. The van der Waals surface area contributed by atoms with E-state index >= 15 is 0 Å². The summed E-state index contributed by atoms with van der Waals surface area (Å²) >= 11 is 1.46. The fraction of sp³-hybridized carbons (Fsp3) is 0.188. The van der Waals surface area contributed by atoms with E-state index < -0.39 is 0 Å². The lowest BCUT2D eigenvalue weighted by atomic mass is 10.1. The van der Waals surface area contributed by atoms with Crippen LogP contribution in [0, 0.1) is 25.2 Å². The lowest BCUT2D eigenvalue weighted by Crippen LogP contribution is -2.24. The van der Waals surface area contributed by atoms with E-state index in [1.165, 1.54) is 11.3 Å². The Hall–Kier alpha value is -2.45. The Balaban J connectivity index is 2.17. The average Bonchev–Trinajstić information content (AvgIpc) is 2.84. The molecule has 0 bridgehead atoms. The fourth-order valence-electron chi connectivity index (χ4n) is 2.37. The van der Waals surface area contributed by atoms with Crippen molar-refractivity contribution in [2.75, 3.05) is 0 Å². The third-order valence-electron chi connectivity index (χ3n) is 3.41. The van der Waals surface area contributed by atoms with Crippen molar-refractivity contribution < 1.29 is 0 Å². The molecule has 0 amide bonds. The van der Waals surface area contributed by atoms with Gasteiger partial charge in [-0.2, -0.15) is 5.26 Å². The molecule has 5 heteroatoms. The Kier molecular flexibility index (Phi) is 3.32. The van der Waals surface area contributed by atoms with Crippen molar-refractivity contribution in [2.45, 2.75) is 20.4 Å². The van der Waals surface area contributed by atoms with Gasteiger partial charge in [0.15, 0.2) is 0 Å². The Bertz CT molecular complexity index is 931. The van der Waals surface area contributed by atoms with Gasteiger partial charge in [-0.05, 0) is 31.5 Å². The summed E-state index contributed by atoms with van der Waals surface area (Å²) in [7, 11) is 0. The minimum Gasteiger partial charge on any atom is -0.291 e. The summed E-state index contributed by atoms with van der Waals surface area (Å²) in [6, 6.07) is 11.4. The van der Waals surface area contributed by atoms with Gasteiger partial charge in [-0.1, -0.05) is 18.2 Å². The maximum Gasteiger partial charge on any atom is 0.271 e. The highest BCUT2D eigenvalue weighted by molar-refractivity contribution is 7.18. The summed E-state index contributed by atoms with van der Waals surface area (Å²) in [4.78, 5) is 18.2. The second kappa shape index (κ2) is 5.15. The van der Waals surface area contributed by atoms with Crippen LogP contribution >= 0.6 is 11.3 Å². The minimum absolute atomic E-state index is 0.0386.